The number of nitrogens with two attached hydrogens (primary N) is 1. The zero-order chi connectivity index (χ0) is 14.7. The molecule has 0 aliphatic carbocycles. The normalized spacial score (nSPS) is 20.2. The Balaban J connectivity index is 2.37. The van der Waals surface area contributed by atoms with Crippen LogP contribution in [0.3, 0.4) is 0 Å². The van der Waals surface area contributed by atoms with Crippen LogP contribution in [0.25, 0.3) is 0 Å². The van der Waals surface area contributed by atoms with E-state index in [9.17, 15) is 10.1 Å². The Morgan fingerprint density at radius 3 is 3.05 bits per heavy atom. The molecule has 1 aromatic heterocycles. The van der Waals surface area contributed by atoms with Crippen LogP contribution in [-0.2, 0) is 0 Å². The van der Waals surface area contributed by atoms with Gasteiger partial charge in [-0.05, 0) is 31.7 Å². The maximum Gasteiger partial charge on any atom is 0.329 e. The van der Waals surface area contributed by atoms with Gasteiger partial charge in [-0.25, -0.2) is 4.98 Å². The van der Waals surface area contributed by atoms with Gasteiger partial charge >= 0.3 is 5.69 Å². The van der Waals surface area contributed by atoms with Crippen molar-refractivity contribution in [1.82, 2.24) is 4.98 Å². The van der Waals surface area contributed by atoms with Gasteiger partial charge < -0.3 is 10.6 Å². The molecule has 2 unspecified atom stereocenters. The number of anilines is 1. The average molecular weight is 275 g/mol. The van der Waals surface area contributed by atoms with Crippen molar-refractivity contribution in [1.29, 1.82) is 5.26 Å². The van der Waals surface area contributed by atoms with Crippen LogP contribution in [0, 0.1) is 27.4 Å². The molecule has 2 heterocycles. The van der Waals surface area contributed by atoms with Crippen molar-refractivity contribution < 1.29 is 4.92 Å². The molecule has 2 N–H and O–H groups in total. The predicted molar refractivity (Wildman–Crippen MR) is 74.2 cm³/mol. The van der Waals surface area contributed by atoms with Gasteiger partial charge in [-0.15, -0.1) is 0 Å². The van der Waals surface area contributed by atoms with E-state index in [1.165, 1.54) is 12.3 Å². The van der Waals surface area contributed by atoms with Crippen molar-refractivity contribution >= 4 is 11.5 Å². The van der Waals surface area contributed by atoms with Crippen molar-refractivity contribution in [2.45, 2.75) is 25.8 Å². The first-order chi connectivity index (χ1) is 9.54. The van der Waals surface area contributed by atoms with E-state index in [1.54, 1.807) is 0 Å². The molecular formula is C13H17N5O2. The summed E-state index contributed by atoms with van der Waals surface area (Å²) >= 11 is 0. The monoisotopic (exact) mass is 275 g/mol. The number of piperidine rings is 1. The fraction of sp³-hybridized carbons (Fsp3) is 0.538. The first-order valence-corrected chi connectivity index (χ1v) is 6.58. The topological polar surface area (TPSA) is 109 Å². The zero-order valence-electron chi connectivity index (χ0n) is 11.3. The van der Waals surface area contributed by atoms with E-state index in [-0.39, 0.29) is 29.0 Å². The summed E-state index contributed by atoms with van der Waals surface area (Å²) in [5, 5.41) is 20.2. The number of nitro groups is 1. The Hall–Kier alpha value is -2.20. The van der Waals surface area contributed by atoms with Gasteiger partial charge in [0.1, 0.15) is 11.6 Å². The van der Waals surface area contributed by atoms with E-state index in [0.717, 1.165) is 12.8 Å². The molecule has 0 bridgehead atoms. The minimum Gasteiger partial charge on any atom is -0.351 e. The quantitative estimate of drug-likeness (QED) is 0.660. The molecule has 0 spiro atoms. The average Bonchev–Trinajstić information content (AvgIpc) is 2.46. The molecule has 2 atom stereocenters. The van der Waals surface area contributed by atoms with E-state index in [4.69, 9.17) is 11.0 Å². The molecule has 0 radical (unpaired) electrons. The molecule has 1 aliphatic heterocycles. The number of nitrogens with zero attached hydrogens (tertiary/aromatic N) is 4. The fourth-order valence-electron chi connectivity index (χ4n) is 2.58. The molecule has 7 heteroatoms. The molecule has 0 aromatic carbocycles. The van der Waals surface area contributed by atoms with E-state index >= 15 is 0 Å². The van der Waals surface area contributed by atoms with Crippen LogP contribution >= 0.6 is 0 Å². The summed E-state index contributed by atoms with van der Waals surface area (Å²) in [7, 11) is 0. The molecular weight excluding hydrogens is 258 g/mol. The number of hydrogen-bond acceptors (Lipinski definition) is 6. The number of nitriles is 1. The summed E-state index contributed by atoms with van der Waals surface area (Å²) in [6, 6.07) is 3.26. The summed E-state index contributed by atoms with van der Waals surface area (Å²) in [6.07, 6.45) is 3.37. The molecule has 1 fully saturated rings. The molecule has 106 valence electrons. The summed E-state index contributed by atoms with van der Waals surface area (Å²) in [4.78, 5) is 16.7. The largest absolute Gasteiger partial charge is 0.351 e. The highest BCUT2D eigenvalue weighted by Crippen LogP contribution is 2.32. The van der Waals surface area contributed by atoms with Gasteiger partial charge in [0.2, 0.25) is 5.82 Å². The van der Waals surface area contributed by atoms with Crippen molar-refractivity contribution in [2.24, 2.45) is 11.7 Å². The SMILES string of the molecule is CC(N)C1CCCN(c2nccc(C#N)c2[N+](=O)[O-])C1. The third-order valence-corrected chi connectivity index (χ3v) is 3.71. The van der Waals surface area contributed by atoms with Gasteiger partial charge in [0.25, 0.3) is 0 Å². The molecule has 7 nitrogen and oxygen atoms in total. The highest BCUT2D eigenvalue weighted by molar-refractivity contribution is 5.65. The molecule has 20 heavy (non-hydrogen) atoms. The zero-order valence-corrected chi connectivity index (χ0v) is 11.3. The van der Waals surface area contributed by atoms with Crippen LogP contribution in [0.15, 0.2) is 12.3 Å². The predicted octanol–water partition coefficient (Wildman–Crippen LogP) is 1.43. The number of rotatable bonds is 3. The first kappa shape index (κ1) is 14.2. The Morgan fingerprint density at radius 1 is 1.70 bits per heavy atom. The van der Waals surface area contributed by atoms with Crippen molar-refractivity contribution in [3.05, 3.63) is 27.9 Å². The molecule has 1 saturated heterocycles. The highest BCUT2D eigenvalue weighted by atomic mass is 16.6. The Bertz CT molecular complexity index is 552. The lowest BCUT2D eigenvalue weighted by molar-refractivity contribution is -0.384. The number of aromatic nitrogens is 1. The molecule has 1 aromatic rings. The fourth-order valence-corrected chi connectivity index (χ4v) is 2.58. The minimum absolute atomic E-state index is 0.0380. The van der Waals surface area contributed by atoms with E-state index in [0.29, 0.717) is 13.1 Å². The Kier molecular flexibility index (Phi) is 4.15. The van der Waals surface area contributed by atoms with E-state index < -0.39 is 4.92 Å². The van der Waals surface area contributed by atoms with Gasteiger partial charge in [0.05, 0.1) is 4.92 Å². The van der Waals surface area contributed by atoms with Crippen molar-refractivity contribution in [3.63, 3.8) is 0 Å². The van der Waals surface area contributed by atoms with Gasteiger partial charge in [-0.2, -0.15) is 5.26 Å². The van der Waals surface area contributed by atoms with Crippen LogP contribution in [0.2, 0.25) is 0 Å². The van der Waals surface area contributed by atoms with Crippen LogP contribution in [-0.4, -0.2) is 29.0 Å². The third-order valence-electron chi connectivity index (χ3n) is 3.71. The minimum atomic E-state index is -0.531. The van der Waals surface area contributed by atoms with Gasteiger partial charge in [-0.1, -0.05) is 0 Å². The van der Waals surface area contributed by atoms with Gasteiger partial charge in [-0.3, -0.25) is 10.1 Å². The number of pyridine rings is 1. The van der Waals surface area contributed by atoms with Crippen LogP contribution in [0.1, 0.15) is 25.3 Å². The Labute approximate surface area is 117 Å². The molecule has 0 amide bonds. The highest BCUT2D eigenvalue weighted by Gasteiger charge is 2.30. The second-order valence-corrected chi connectivity index (χ2v) is 5.11. The lowest BCUT2D eigenvalue weighted by atomic mass is 9.92. The second-order valence-electron chi connectivity index (χ2n) is 5.11. The summed E-state index contributed by atoms with van der Waals surface area (Å²) in [5.41, 5.74) is 5.76. The lowest BCUT2D eigenvalue weighted by Gasteiger charge is -2.35. The smallest absolute Gasteiger partial charge is 0.329 e. The van der Waals surface area contributed by atoms with Crippen molar-refractivity contribution in [2.75, 3.05) is 18.0 Å². The maximum atomic E-state index is 11.2. The van der Waals surface area contributed by atoms with Crippen LogP contribution < -0.4 is 10.6 Å². The Morgan fingerprint density at radius 2 is 2.45 bits per heavy atom. The summed E-state index contributed by atoms with van der Waals surface area (Å²) in [5.74, 6) is 0.565. The second kappa shape index (κ2) is 5.84. The maximum absolute atomic E-state index is 11.2. The summed E-state index contributed by atoms with van der Waals surface area (Å²) < 4.78 is 0. The summed E-state index contributed by atoms with van der Waals surface area (Å²) in [6.45, 7) is 3.29. The molecule has 1 aliphatic rings. The first-order valence-electron chi connectivity index (χ1n) is 6.58. The molecule has 0 saturated carbocycles. The standard InChI is InChI=1S/C13H17N5O2/c1-9(15)11-3-2-6-17(8-11)13-12(18(19)20)10(7-14)4-5-16-13/h4-5,9,11H,2-3,6,8,15H2,1H3. The van der Waals surface area contributed by atoms with Crippen LogP contribution in [0.4, 0.5) is 11.5 Å². The number of hydrogen-bond donors (Lipinski definition) is 1. The third kappa shape index (κ3) is 2.70. The lowest BCUT2D eigenvalue weighted by Crippen LogP contribution is -2.43. The van der Waals surface area contributed by atoms with E-state index in [1.807, 2.05) is 17.9 Å². The van der Waals surface area contributed by atoms with Crippen LogP contribution in [0.5, 0.6) is 0 Å². The van der Waals surface area contributed by atoms with E-state index in [2.05, 4.69) is 4.98 Å². The van der Waals surface area contributed by atoms with Gasteiger partial charge in [0, 0.05) is 25.3 Å². The molecule has 2 rings (SSSR count). The van der Waals surface area contributed by atoms with Gasteiger partial charge in [0.15, 0.2) is 0 Å². The van der Waals surface area contributed by atoms with Crippen molar-refractivity contribution in [3.8, 4) is 6.07 Å².